The highest BCUT2D eigenvalue weighted by Gasteiger charge is 2.22. The van der Waals surface area contributed by atoms with Crippen LogP contribution in [0, 0.1) is 6.92 Å². The number of benzene rings is 2. The van der Waals surface area contributed by atoms with Crippen LogP contribution in [0.15, 0.2) is 59.1 Å². The topological polar surface area (TPSA) is 17.0 Å². The van der Waals surface area contributed by atoms with Crippen LogP contribution in [-0.2, 0) is 7.05 Å². The van der Waals surface area contributed by atoms with Gasteiger partial charge >= 0.3 is 0 Å². The van der Waals surface area contributed by atoms with E-state index in [0.717, 1.165) is 11.2 Å². The van der Waals surface area contributed by atoms with E-state index in [0.29, 0.717) is 0 Å². The Morgan fingerprint density at radius 3 is 2.36 bits per heavy atom. The summed E-state index contributed by atoms with van der Waals surface area (Å²) in [5.41, 5.74) is 5.66. The van der Waals surface area contributed by atoms with Gasteiger partial charge in [-0.25, -0.2) is 4.57 Å². The first-order valence-corrected chi connectivity index (χ1v) is 12.3. The minimum atomic E-state index is -1.31. The van der Waals surface area contributed by atoms with Gasteiger partial charge in [-0.15, -0.1) is 0 Å². The van der Waals surface area contributed by atoms with Crippen LogP contribution in [0.2, 0.25) is 19.6 Å². The van der Waals surface area contributed by atoms with Crippen molar-refractivity contribution in [3.05, 3.63) is 60.3 Å². The fourth-order valence-corrected chi connectivity index (χ4v) is 4.64. The van der Waals surface area contributed by atoms with E-state index in [1.54, 1.807) is 0 Å². The lowest BCUT2D eigenvalue weighted by Gasteiger charge is -2.15. The van der Waals surface area contributed by atoms with Crippen molar-refractivity contribution in [2.75, 3.05) is 0 Å². The second-order valence-electron chi connectivity index (χ2n) is 7.93. The molecule has 2 aromatic carbocycles. The van der Waals surface area contributed by atoms with Gasteiger partial charge in [0.15, 0.2) is 6.20 Å². The molecule has 0 N–H and O–H groups in total. The Hall–Kier alpha value is -2.39. The highest BCUT2D eigenvalue weighted by atomic mass is 28.3. The molecule has 2 nitrogen and oxygen atoms in total. The second-order valence-corrected chi connectivity index (χ2v) is 13.0. The molecule has 0 amide bonds. The largest absolute Gasteiger partial charge is 0.456 e. The number of para-hydroxylation sites is 1. The zero-order valence-electron chi connectivity index (χ0n) is 15.6. The second kappa shape index (κ2) is 5.56. The van der Waals surface area contributed by atoms with E-state index in [9.17, 15) is 0 Å². The van der Waals surface area contributed by atoms with E-state index >= 15 is 0 Å². The Morgan fingerprint density at radius 1 is 0.880 bits per heavy atom. The molecule has 0 aliphatic carbocycles. The molecule has 0 aliphatic rings. The number of aryl methyl sites for hydroxylation is 2. The molecule has 0 aliphatic heterocycles. The third kappa shape index (κ3) is 2.69. The van der Waals surface area contributed by atoms with Crippen LogP contribution in [0.25, 0.3) is 33.2 Å². The lowest BCUT2D eigenvalue weighted by atomic mass is 10.0. The van der Waals surface area contributed by atoms with Crippen molar-refractivity contribution < 1.29 is 8.98 Å². The monoisotopic (exact) mass is 346 g/mol. The van der Waals surface area contributed by atoms with Gasteiger partial charge in [0.2, 0.25) is 5.69 Å². The molecule has 25 heavy (non-hydrogen) atoms. The van der Waals surface area contributed by atoms with Gasteiger partial charge in [0.25, 0.3) is 0 Å². The fraction of sp³-hybridized carbons (Fsp3) is 0.227. The number of aromatic nitrogens is 1. The fourth-order valence-electron chi connectivity index (χ4n) is 3.48. The van der Waals surface area contributed by atoms with Gasteiger partial charge in [-0.3, -0.25) is 0 Å². The van der Waals surface area contributed by atoms with Gasteiger partial charge in [0.1, 0.15) is 18.2 Å². The molecule has 2 aromatic heterocycles. The summed E-state index contributed by atoms with van der Waals surface area (Å²) in [5, 5.41) is 3.84. The summed E-state index contributed by atoms with van der Waals surface area (Å²) in [6.45, 7) is 9.32. The van der Waals surface area contributed by atoms with Crippen LogP contribution in [0.3, 0.4) is 0 Å². The van der Waals surface area contributed by atoms with Crippen molar-refractivity contribution in [2.45, 2.75) is 26.6 Å². The van der Waals surface area contributed by atoms with Gasteiger partial charge in [0, 0.05) is 27.6 Å². The number of nitrogens with zero attached hydrogens (tertiary/aromatic N) is 1. The van der Waals surface area contributed by atoms with Crippen LogP contribution in [0.4, 0.5) is 0 Å². The normalized spacial score (nSPS) is 12.2. The van der Waals surface area contributed by atoms with Crippen molar-refractivity contribution in [3.63, 3.8) is 0 Å². The standard InChI is InChI=1S/C22H24NOSi/c1-15-12-22-19(17-8-6-7-9-21(17)24-22)13-18(15)20-11-10-16(14-23(20)2)25(3,4)5/h6-14H,1-5H3/q+1. The average molecular weight is 347 g/mol. The summed E-state index contributed by atoms with van der Waals surface area (Å²) < 4.78 is 8.28. The van der Waals surface area contributed by atoms with Crippen LogP contribution in [-0.4, -0.2) is 8.07 Å². The molecule has 0 radical (unpaired) electrons. The molecule has 0 saturated carbocycles. The Labute approximate surface area is 149 Å². The summed E-state index contributed by atoms with van der Waals surface area (Å²) in [6.07, 6.45) is 2.30. The molecule has 4 aromatic rings. The number of rotatable bonds is 2. The summed E-state index contributed by atoms with van der Waals surface area (Å²) in [5.74, 6) is 0. The summed E-state index contributed by atoms with van der Waals surface area (Å²) in [4.78, 5) is 0. The maximum atomic E-state index is 6.02. The van der Waals surface area contributed by atoms with Crippen molar-refractivity contribution in [1.29, 1.82) is 0 Å². The van der Waals surface area contributed by atoms with E-state index in [-0.39, 0.29) is 0 Å². The summed E-state index contributed by atoms with van der Waals surface area (Å²) in [6, 6.07) is 17.3. The average Bonchev–Trinajstić information content (AvgIpc) is 2.90. The number of fused-ring (bicyclic) bond motifs is 3. The Bertz CT molecular complexity index is 1100. The SMILES string of the molecule is Cc1cc2oc3ccccc3c2cc1-c1ccc([Si](C)(C)C)c[n+]1C. The van der Waals surface area contributed by atoms with Crippen molar-refractivity contribution in [1.82, 2.24) is 0 Å². The molecule has 0 fully saturated rings. The predicted molar refractivity (Wildman–Crippen MR) is 108 cm³/mol. The first-order valence-electron chi connectivity index (χ1n) is 8.77. The molecule has 2 heterocycles. The first kappa shape index (κ1) is 16.1. The highest BCUT2D eigenvalue weighted by Crippen LogP contribution is 2.33. The van der Waals surface area contributed by atoms with E-state index in [1.165, 1.54) is 32.8 Å². The lowest BCUT2D eigenvalue weighted by Crippen LogP contribution is -2.44. The van der Waals surface area contributed by atoms with Crippen LogP contribution < -0.4 is 9.75 Å². The number of hydrogen-bond donors (Lipinski definition) is 0. The van der Waals surface area contributed by atoms with Crippen molar-refractivity contribution in [2.24, 2.45) is 7.05 Å². The minimum absolute atomic E-state index is 0.951. The Morgan fingerprint density at radius 2 is 1.64 bits per heavy atom. The van der Waals surface area contributed by atoms with Gasteiger partial charge in [-0.2, -0.15) is 0 Å². The quantitative estimate of drug-likeness (QED) is 0.371. The Balaban J connectivity index is 1.94. The van der Waals surface area contributed by atoms with Crippen molar-refractivity contribution in [3.8, 4) is 11.3 Å². The molecule has 0 saturated heterocycles. The van der Waals surface area contributed by atoms with Crippen LogP contribution in [0.1, 0.15) is 5.56 Å². The smallest absolute Gasteiger partial charge is 0.212 e. The van der Waals surface area contributed by atoms with Gasteiger partial charge in [-0.1, -0.05) is 43.9 Å². The van der Waals surface area contributed by atoms with E-state index in [4.69, 9.17) is 4.42 Å². The third-order valence-electron chi connectivity index (χ3n) is 5.00. The molecular weight excluding hydrogens is 322 g/mol. The van der Waals surface area contributed by atoms with E-state index < -0.39 is 8.07 Å². The first-order chi connectivity index (χ1) is 11.8. The van der Waals surface area contributed by atoms with Gasteiger partial charge < -0.3 is 4.42 Å². The predicted octanol–water partition coefficient (Wildman–Crippen LogP) is 4.93. The maximum Gasteiger partial charge on any atom is 0.212 e. The number of pyridine rings is 1. The van der Waals surface area contributed by atoms with Crippen LogP contribution >= 0.6 is 0 Å². The Kier molecular flexibility index (Phi) is 3.58. The molecular formula is C22H24NOSi+. The minimum Gasteiger partial charge on any atom is -0.456 e. The lowest BCUT2D eigenvalue weighted by molar-refractivity contribution is -0.659. The zero-order valence-corrected chi connectivity index (χ0v) is 16.6. The molecule has 126 valence electrons. The number of furan rings is 1. The van der Waals surface area contributed by atoms with E-state index in [1.807, 2.05) is 12.1 Å². The molecule has 0 bridgehead atoms. The van der Waals surface area contributed by atoms with Crippen LogP contribution in [0.5, 0.6) is 0 Å². The third-order valence-corrected chi connectivity index (χ3v) is 7.03. The molecule has 3 heteroatoms. The van der Waals surface area contributed by atoms with Gasteiger partial charge in [-0.05, 0) is 30.7 Å². The zero-order chi connectivity index (χ0) is 17.8. The van der Waals surface area contributed by atoms with Gasteiger partial charge in [0.05, 0.1) is 8.07 Å². The summed E-state index contributed by atoms with van der Waals surface area (Å²) >= 11 is 0. The molecule has 0 spiro atoms. The summed E-state index contributed by atoms with van der Waals surface area (Å²) in [7, 11) is 0.842. The molecule has 0 atom stereocenters. The van der Waals surface area contributed by atoms with Crippen molar-refractivity contribution >= 4 is 35.2 Å². The molecule has 0 unspecified atom stereocenters. The maximum absolute atomic E-state index is 6.02. The van der Waals surface area contributed by atoms with E-state index in [2.05, 4.69) is 80.8 Å². The number of hydrogen-bond acceptors (Lipinski definition) is 1. The highest BCUT2D eigenvalue weighted by molar-refractivity contribution is 6.88. The molecule has 4 rings (SSSR count).